The van der Waals surface area contributed by atoms with Crippen molar-refractivity contribution >= 4 is 23.4 Å². The van der Waals surface area contributed by atoms with E-state index in [1.54, 1.807) is 30.3 Å². The normalized spacial score (nSPS) is 19.4. The van der Waals surface area contributed by atoms with Crippen molar-refractivity contribution in [2.24, 2.45) is 0 Å². The van der Waals surface area contributed by atoms with Crippen LogP contribution in [0.2, 0.25) is 0 Å². The molecule has 3 aliphatic heterocycles. The average Bonchev–Trinajstić information content (AvgIpc) is 3.36. The molecule has 0 aromatic heterocycles. The van der Waals surface area contributed by atoms with Crippen LogP contribution in [0.3, 0.4) is 0 Å². The number of nitrogens with zero attached hydrogens (tertiary/aromatic N) is 4. The number of hydroxylamine groups is 2. The van der Waals surface area contributed by atoms with Crippen molar-refractivity contribution in [3.05, 3.63) is 94.3 Å². The molecular weight excluding hydrogens is 565 g/mol. The first-order valence-electron chi connectivity index (χ1n) is 14.6. The zero-order valence-electron chi connectivity index (χ0n) is 24.3. The number of rotatable bonds is 8. The fraction of sp³-hybridized carbons (Fsp3) is 0.333. The van der Waals surface area contributed by atoms with Gasteiger partial charge in [-0.05, 0) is 54.8 Å². The summed E-state index contributed by atoms with van der Waals surface area (Å²) in [5.74, 6) is -1.04. The molecule has 0 spiro atoms. The summed E-state index contributed by atoms with van der Waals surface area (Å²) in [6, 6.07) is 20.3. The highest BCUT2D eigenvalue weighted by atomic mass is 19.1. The van der Waals surface area contributed by atoms with Crippen molar-refractivity contribution < 1.29 is 28.3 Å². The molecule has 2 saturated heterocycles. The van der Waals surface area contributed by atoms with E-state index in [-0.39, 0.29) is 43.1 Å². The Kier molecular flexibility index (Phi) is 8.28. The second kappa shape index (κ2) is 12.4. The third-order valence-corrected chi connectivity index (χ3v) is 8.47. The minimum absolute atomic E-state index is 0.142. The zero-order valence-corrected chi connectivity index (χ0v) is 24.3. The second-order valence-corrected chi connectivity index (χ2v) is 11.2. The molecule has 3 aromatic carbocycles. The van der Waals surface area contributed by atoms with Crippen LogP contribution in [0, 0.1) is 17.1 Å². The molecule has 6 rings (SSSR count). The van der Waals surface area contributed by atoms with Crippen molar-refractivity contribution in [2.75, 3.05) is 31.1 Å². The number of nitriles is 1. The van der Waals surface area contributed by atoms with Gasteiger partial charge in [-0.2, -0.15) is 5.26 Å². The minimum Gasteiger partial charge on any atom is -0.489 e. The number of amides is 3. The lowest BCUT2D eigenvalue weighted by Crippen LogP contribution is -2.47. The zero-order chi connectivity index (χ0) is 30.8. The summed E-state index contributed by atoms with van der Waals surface area (Å²) in [4.78, 5) is 46.6. The molecular formula is C33H32FN5O5. The van der Waals surface area contributed by atoms with Crippen molar-refractivity contribution in [1.82, 2.24) is 15.3 Å². The van der Waals surface area contributed by atoms with Crippen LogP contribution in [0.15, 0.2) is 60.7 Å². The van der Waals surface area contributed by atoms with E-state index in [9.17, 15) is 18.8 Å². The number of benzene rings is 3. The summed E-state index contributed by atoms with van der Waals surface area (Å²) in [5, 5.41) is 12.4. The number of carbonyl (C=O) groups is 3. The molecule has 0 radical (unpaired) electrons. The van der Waals surface area contributed by atoms with Gasteiger partial charge in [0.15, 0.2) is 6.10 Å². The van der Waals surface area contributed by atoms with Gasteiger partial charge in [-0.3, -0.25) is 29.4 Å². The Labute approximate surface area is 254 Å². The fourth-order valence-electron chi connectivity index (χ4n) is 5.87. The van der Waals surface area contributed by atoms with Gasteiger partial charge >= 0.3 is 0 Å². The molecule has 0 saturated carbocycles. The van der Waals surface area contributed by atoms with Crippen molar-refractivity contribution in [1.29, 1.82) is 5.26 Å². The number of hydrogen-bond donors (Lipinski definition) is 1. The quantitative estimate of drug-likeness (QED) is 0.390. The minimum atomic E-state index is -0.898. The molecule has 1 N–H and O–H groups in total. The lowest BCUT2D eigenvalue weighted by molar-refractivity contribution is -0.183. The molecule has 44 heavy (non-hydrogen) atoms. The topological polar surface area (TPSA) is 115 Å². The molecule has 3 heterocycles. The standard InChI is InChI=1S/C33H32FN5O5/c1-21(37-13-15-38(16-14-37)28-10-7-23(18-35)17-27(28)34)24-8-5-22(6-9-24)20-43-29-4-2-3-25-26(29)19-39(33(25)42)44-30-11-12-31(40)36-32(30)41/h2-10,17,21,30H,11-16,19-20H2,1H3,(H,36,40,41)/t21-,30?/m0/s1. The van der Waals surface area contributed by atoms with Gasteiger partial charge in [0.05, 0.1) is 29.4 Å². The van der Waals surface area contributed by atoms with E-state index in [1.807, 2.05) is 23.1 Å². The van der Waals surface area contributed by atoms with Crippen LogP contribution in [0.1, 0.15) is 58.4 Å². The number of piperazine rings is 1. The first-order valence-corrected chi connectivity index (χ1v) is 14.6. The molecule has 0 bridgehead atoms. The molecule has 0 aliphatic carbocycles. The number of imide groups is 1. The van der Waals surface area contributed by atoms with Gasteiger partial charge < -0.3 is 9.64 Å². The molecule has 3 aromatic rings. The molecule has 2 atom stereocenters. The molecule has 10 nitrogen and oxygen atoms in total. The molecule has 2 fully saturated rings. The Morgan fingerprint density at radius 2 is 1.82 bits per heavy atom. The summed E-state index contributed by atoms with van der Waals surface area (Å²) in [5.41, 5.74) is 4.14. The number of hydrogen-bond acceptors (Lipinski definition) is 8. The van der Waals surface area contributed by atoms with Gasteiger partial charge in [0.1, 0.15) is 18.2 Å². The maximum atomic E-state index is 14.5. The third kappa shape index (κ3) is 6.00. The second-order valence-electron chi connectivity index (χ2n) is 11.2. The number of ether oxygens (including phenoxy) is 1. The van der Waals surface area contributed by atoms with Gasteiger partial charge in [-0.15, -0.1) is 0 Å². The van der Waals surface area contributed by atoms with E-state index in [0.29, 0.717) is 47.8 Å². The largest absolute Gasteiger partial charge is 0.489 e. The van der Waals surface area contributed by atoms with Gasteiger partial charge in [0.2, 0.25) is 5.91 Å². The van der Waals surface area contributed by atoms with Crippen LogP contribution in [-0.2, 0) is 27.6 Å². The average molecular weight is 598 g/mol. The number of fused-ring (bicyclic) bond motifs is 1. The van der Waals surface area contributed by atoms with Crippen molar-refractivity contribution in [3.63, 3.8) is 0 Å². The summed E-state index contributed by atoms with van der Waals surface area (Å²) in [6.07, 6.45) is -0.516. The van der Waals surface area contributed by atoms with Crippen LogP contribution in [0.5, 0.6) is 5.75 Å². The Balaban J connectivity index is 1.03. The van der Waals surface area contributed by atoms with Crippen LogP contribution in [-0.4, -0.2) is 60.0 Å². The first kappa shape index (κ1) is 29.3. The number of carbonyl (C=O) groups excluding carboxylic acids is 3. The molecule has 3 aliphatic rings. The van der Waals surface area contributed by atoms with Gasteiger partial charge in [-0.1, -0.05) is 30.3 Å². The molecule has 226 valence electrons. The van der Waals surface area contributed by atoms with E-state index < -0.39 is 12.0 Å². The Bertz CT molecular complexity index is 1630. The molecule has 3 amide bonds. The van der Waals surface area contributed by atoms with Crippen LogP contribution in [0.4, 0.5) is 10.1 Å². The SMILES string of the molecule is C[C@@H](c1ccc(COc2cccc3c2CN(OC2CCC(=O)NC2=O)C3=O)cc1)N1CCN(c2ccc(C#N)cc2F)CC1. The third-order valence-electron chi connectivity index (χ3n) is 8.47. The summed E-state index contributed by atoms with van der Waals surface area (Å²) >= 11 is 0. The lowest BCUT2D eigenvalue weighted by atomic mass is 10.0. The van der Waals surface area contributed by atoms with Gasteiger partial charge in [0.25, 0.3) is 11.8 Å². The predicted octanol–water partition coefficient (Wildman–Crippen LogP) is 3.85. The highest BCUT2D eigenvalue weighted by Crippen LogP contribution is 2.33. The van der Waals surface area contributed by atoms with E-state index in [2.05, 4.69) is 29.3 Å². The Hall–Kier alpha value is -4.79. The Morgan fingerprint density at radius 3 is 2.52 bits per heavy atom. The summed E-state index contributed by atoms with van der Waals surface area (Å²) in [6.45, 7) is 5.57. The monoisotopic (exact) mass is 597 g/mol. The van der Waals surface area contributed by atoms with E-state index in [0.717, 1.165) is 23.7 Å². The van der Waals surface area contributed by atoms with E-state index >= 15 is 0 Å². The highest BCUT2D eigenvalue weighted by molar-refractivity contribution is 6.00. The van der Waals surface area contributed by atoms with Gasteiger partial charge in [0, 0.05) is 44.2 Å². The highest BCUT2D eigenvalue weighted by Gasteiger charge is 2.36. The van der Waals surface area contributed by atoms with E-state index in [1.165, 1.54) is 11.6 Å². The summed E-state index contributed by atoms with van der Waals surface area (Å²) in [7, 11) is 0. The summed E-state index contributed by atoms with van der Waals surface area (Å²) < 4.78 is 20.6. The number of nitrogens with one attached hydrogen (secondary N) is 1. The van der Waals surface area contributed by atoms with Crippen LogP contribution in [0.25, 0.3) is 0 Å². The molecule has 1 unspecified atom stereocenters. The maximum absolute atomic E-state index is 14.5. The van der Waals surface area contributed by atoms with Crippen LogP contribution < -0.4 is 15.0 Å². The Morgan fingerprint density at radius 1 is 1.05 bits per heavy atom. The lowest BCUT2D eigenvalue weighted by Gasteiger charge is -2.39. The number of halogens is 1. The van der Waals surface area contributed by atoms with Crippen molar-refractivity contribution in [2.45, 2.75) is 45.1 Å². The van der Waals surface area contributed by atoms with Gasteiger partial charge in [-0.25, -0.2) is 9.45 Å². The van der Waals surface area contributed by atoms with Crippen LogP contribution >= 0.6 is 0 Å². The molecule has 11 heteroatoms. The predicted molar refractivity (Wildman–Crippen MR) is 158 cm³/mol. The fourth-order valence-corrected chi connectivity index (χ4v) is 5.87. The van der Waals surface area contributed by atoms with E-state index in [4.69, 9.17) is 14.8 Å². The smallest absolute Gasteiger partial charge is 0.278 e. The number of anilines is 1. The number of piperidine rings is 1. The first-order chi connectivity index (χ1) is 21.3. The maximum Gasteiger partial charge on any atom is 0.278 e. The van der Waals surface area contributed by atoms with Crippen molar-refractivity contribution in [3.8, 4) is 11.8 Å².